The molecule has 3 N–H and O–H groups in total. The third kappa shape index (κ3) is 24.9. The summed E-state index contributed by atoms with van der Waals surface area (Å²) < 4.78 is 0. The van der Waals surface area contributed by atoms with Gasteiger partial charge in [-0.2, -0.15) is 0 Å². The maximum absolute atomic E-state index is 5.42. The van der Waals surface area contributed by atoms with E-state index in [4.69, 9.17) is 5.73 Å². The molecule has 0 atom stereocenters. The summed E-state index contributed by atoms with van der Waals surface area (Å²) in [6, 6.07) is 0. The first-order valence-corrected chi connectivity index (χ1v) is 8.18. The molecule has 0 aliphatic rings. The van der Waals surface area contributed by atoms with Crippen molar-refractivity contribution in [2.24, 2.45) is 5.73 Å². The van der Waals surface area contributed by atoms with Gasteiger partial charge in [-0.05, 0) is 33.0 Å². The van der Waals surface area contributed by atoms with E-state index in [9.17, 15) is 0 Å². The van der Waals surface area contributed by atoms with Gasteiger partial charge in [0, 0.05) is 0 Å². The average Bonchev–Trinajstić information content (AvgIpc) is 2.39. The molecule has 0 bridgehead atoms. The Bertz CT molecular complexity index is 104. The molecule has 0 aliphatic carbocycles. The first-order valence-electron chi connectivity index (χ1n) is 8.18. The largest absolute Gasteiger partial charge is 0.330 e. The molecule has 0 heterocycles. The molecule has 0 radical (unpaired) electrons. The quantitative estimate of drug-likeness (QED) is 0.506. The van der Waals surface area contributed by atoms with Gasteiger partial charge in [0.1, 0.15) is 0 Å². The molecule has 0 amide bonds. The Hall–Kier alpha value is -0.0800. The lowest BCUT2D eigenvalue weighted by molar-refractivity contribution is 0.558. The molecule has 0 aliphatic heterocycles. The van der Waals surface area contributed by atoms with Crippen LogP contribution in [0.2, 0.25) is 0 Å². The van der Waals surface area contributed by atoms with Crippen LogP contribution < -0.4 is 11.1 Å². The molecule has 0 saturated carbocycles. The van der Waals surface area contributed by atoms with E-state index in [1.54, 1.807) is 0 Å². The molecule has 0 fully saturated rings. The minimum absolute atomic E-state index is 0.872. The van der Waals surface area contributed by atoms with Crippen molar-refractivity contribution in [3.8, 4) is 0 Å². The third-order valence-corrected chi connectivity index (χ3v) is 3.06. The molecular formula is C16H38N2. The van der Waals surface area contributed by atoms with Gasteiger partial charge in [0.05, 0.1) is 0 Å². The predicted octanol–water partition coefficient (Wildman–Crippen LogP) is 4.48. The first-order chi connectivity index (χ1) is 8.83. The smallest absolute Gasteiger partial charge is 0.00546 e. The normalized spacial score (nSPS) is 10.0. The van der Waals surface area contributed by atoms with Crippen LogP contribution in [0.4, 0.5) is 0 Å². The summed E-state index contributed by atoms with van der Waals surface area (Å²) in [6.45, 7) is 6.43. The van der Waals surface area contributed by atoms with E-state index in [1.807, 2.05) is 7.05 Å². The SMILES string of the molecule is CCCCCCCCCCCCN.CCCNC. The Labute approximate surface area is 116 Å². The van der Waals surface area contributed by atoms with Crippen LogP contribution in [0.1, 0.15) is 84.5 Å². The highest BCUT2D eigenvalue weighted by Crippen LogP contribution is 2.09. The molecule has 0 unspecified atom stereocenters. The number of nitrogens with one attached hydrogen (secondary N) is 1. The zero-order valence-electron chi connectivity index (χ0n) is 13.3. The lowest BCUT2D eigenvalue weighted by Crippen LogP contribution is -2.04. The molecule has 2 heteroatoms. The third-order valence-electron chi connectivity index (χ3n) is 3.06. The zero-order chi connectivity index (χ0) is 13.9. The monoisotopic (exact) mass is 258 g/mol. The molecule has 0 spiro atoms. The van der Waals surface area contributed by atoms with Crippen LogP contribution in [-0.2, 0) is 0 Å². The number of hydrogen-bond acceptors (Lipinski definition) is 2. The van der Waals surface area contributed by atoms with Gasteiger partial charge < -0.3 is 11.1 Å². The van der Waals surface area contributed by atoms with Crippen molar-refractivity contribution >= 4 is 0 Å². The second kappa shape index (κ2) is 22.1. The van der Waals surface area contributed by atoms with E-state index in [1.165, 1.54) is 70.6 Å². The van der Waals surface area contributed by atoms with Crippen molar-refractivity contribution in [3.05, 3.63) is 0 Å². The van der Waals surface area contributed by atoms with Gasteiger partial charge in [0.25, 0.3) is 0 Å². The minimum Gasteiger partial charge on any atom is -0.330 e. The van der Waals surface area contributed by atoms with Crippen molar-refractivity contribution in [2.45, 2.75) is 84.5 Å². The predicted molar refractivity (Wildman–Crippen MR) is 85.1 cm³/mol. The minimum atomic E-state index is 0.872. The molecule has 0 aromatic heterocycles. The molecule has 0 saturated heterocycles. The highest BCUT2D eigenvalue weighted by atomic mass is 14.8. The van der Waals surface area contributed by atoms with Gasteiger partial charge in [-0.3, -0.25) is 0 Å². The first kappa shape index (κ1) is 20.2. The lowest BCUT2D eigenvalue weighted by atomic mass is 10.1. The van der Waals surface area contributed by atoms with E-state index < -0.39 is 0 Å². The van der Waals surface area contributed by atoms with Crippen molar-refractivity contribution in [1.29, 1.82) is 0 Å². The fourth-order valence-electron chi connectivity index (χ4n) is 1.88. The van der Waals surface area contributed by atoms with E-state index >= 15 is 0 Å². The summed E-state index contributed by atoms with van der Waals surface area (Å²) in [7, 11) is 1.96. The molecular weight excluding hydrogens is 220 g/mol. The van der Waals surface area contributed by atoms with Crippen molar-refractivity contribution in [3.63, 3.8) is 0 Å². The maximum Gasteiger partial charge on any atom is -0.00546 e. The Kier molecular flexibility index (Phi) is 24.9. The summed E-state index contributed by atoms with van der Waals surface area (Å²) in [5.41, 5.74) is 5.42. The fourth-order valence-corrected chi connectivity index (χ4v) is 1.88. The maximum atomic E-state index is 5.42. The highest BCUT2D eigenvalue weighted by Gasteiger charge is 1.91. The highest BCUT2D eigenvalue weighted by molar-refractivity contribution is 4.47. The summed E-state index contributed by atoms with van der Waals surface area (Å²) in [6.07, 6.45) is 15.2. The second-order valence-electron chi connectivity index (χ2n) is 5.07. The van der Waals surface area contributed by atoms with Gasteiger partial charge in [-0.1, -0.05) is 71.6 Å². The van der Waals surface area contributed by atoms with E-state index in [0.717, 1.165) is 13.1 Å². The number of hydrogen-bond donors (Lipinski definition) is 2. The van der Waals surface area contributed by atoms with Crippen LogP contribution in [0.5, 0.6) is 0 Å². The average molecular weight is 258 g/mol. The number of nitrogens with two attached hydrogens (primary N) is 1. The van der Waals surface area contributed by atoms with Crippen LogP contribution in [-0.4, -0.2) is 20.1 Å². The molecule has 0 rings (SSSR count). The summed E-state index contributed by atoms with van der Waals surface area (Å²) in [5, 5.41) is 3.02. The molecule has 2 nitrogen and oxygen atoms in total. The van der Waals surface area contributed by atoms with Crippen LogP contribution in [0.3, 0.4) is 0 Å². The van der Waals surface area contributed by atoms with Gasteiger partial charge in [-0.15, -0.1) is 0 Å². The van der Waals surface area contributed by atoms with Gasteiger partial charge in [0.15, 0.2) is 0 Å². The van der Waals surface area contributed by atoms with E-state index in [0.29, 0.717) is 0 Å². The van der Waals surface area contributed by atoms with E-state index in [2.05, 4.69) is 19.2 Å². The van der Waals surface area contributed by atoms with Gasteiger partial charge in [0.2, 0.25) is 0 Å². The molecule has 0 aromatic rings. The molecule has 112 valence electrons. The van der Waals surface area contributed by atoms with Crippen LogP contribution in [0, 0.1) is 0 Å². The van der Waals surface area contributed by atoms with Crippen molar-refractivity contribution in [1.82, 2.24) is 5.32 Å². The van der Waals surface area contributed by atoms with Crippen molar-refractivity contribution < 1.29 is 0 Å². The van der Waals surface area contributed by atoms with Crippen molar-refractivity contribution in [2.75, 3.05) is 20.1 Å². The second-order valence-corrected chi connectivity index (χ2v) is 5.07. The standard InChI is InChI=1S/C12H27N.C4H11N/c1-2-3-4-5-6-7-8-9-10-11-12-13;1-3-4-5-2/h2-13H2,1H3;5H,3-4H2,1-2H3. The summed E-state index contributed by atoms with van der Waals surface area (Å²) in [4.78, 5) is 0. The fraction of sp³-hybridized carbons (Fsp3) is 1.00. The number of unbranched alkanes of at least 4 members (excludes halogenated alkanes) is 9. The van der Waals surface area contributed by atoms with Crippen LogP contribution in [0.15, 0.2) is 0 Å². The molecule has 0 aromatic carbocycles. The Morgan fingerprint density at radius 2 is 1.11 bits per heavy atom. The van der Waals surface area contributed by atoms with Crippen LogP contribution >= 0.6 is 0 Å². The van der Waals surface area contributed by atoms with Crippen LogP contribution in [0.25, 0.3) is 0 Å². The number of rotatable bonds is 12. The summed E-state index contributed by atoms with van der Waals surface area (Å²) >= 11 is 0. The lowest BCUT2D eigenvalue weighted by Gasteiger charge is -2.00. The molecule has 18 heavy (non-hydrogen) atoms. The van der Waals surface area contributed by atoms with E-state index in [-0.39, 0.29) is 0 Å². The van der Waals surface area contributed by atoms with Gasteiger partial charge in [-0.25, -0.2) is 0 Å². The Balaban J connectivity index is 0. The topological polar surface area (TPSA) is 38.0 Å². The Morgan fingerprint density at radius 3 is 1.39 bits per heavy atom. The van der Waals surface area contributed by atoms with Gasteiger partial charge >= 0.3 is 0 Å². The summed E-state index contributed by atoms with van der Waals surface area (Å²) in [5.74, 6) is 0. The Morgan fingerprint density at radius 1 is 0.667 bits per heavy atom. The zero-order valence-corrected chi connectivity index (χ0v) is 13.3.